The Morgan fingerprint density at radius 2 is 1.50 bits per heavy atom. The van der Waals surface area contributed by atoms with Gasteiger partial charge >= 0.3 is 6.03 Å². The second-order valence-corrected chi connectivity index (χ2v) is 8.43. The van der Waals surface area contributed by atoms with Gasteiger partial charge in [-0.15, -0.1) is 0 Å². The second-order valence-electron chi connectivity index (χ2n) is 8.43. The molecule has 1 aliphatic heterocycles. The minimum atomic E-state index is -0.223. The molecule has 2 aliphatic rings. The maximum atomic E-state index is 12.6. The molecule has 1 aliphatic carbocycles. The van der Waals surface area contributed by atoms with Crippen molar-refractivity contribution >= 4 is 23.5 Å². The van der Waals surface area contributed by atoms with Gasteiger partial charge in [-0.2, -0.15) is 0 Å². The lowest BCUT2D eigenvalue weighted by molar-refractivity contribution is 0.0664. The number of nitrogens with zero attached hydrogens (tertiary/aromatic N) is 2. The fraction of sp³-hybridized carbons (Fsp3) is 0.375. The van der Waals surface area contributed by atoms with Crippen LogP contribution in [-0.4, -0.2) is 66.9 Å². The third-order valence-electron chi connectivity index (χ3n) is 5.76. The first-order valence-corrected chi connectivity index (χ1v) is 11.0. The van der Waals surface area contributed by atoms with E-state index in [0.29, 0.717) is 29.4 Å². The standard InChI is InChI=1S/C24H29N5O3/c1-28-12-14-29(15-13-28)23(31)19-4-2-17(3-5-19)16-25-22(30)18-6-8-20(9-7-18)26-24(32)27-21-10-11-21/h2-9,21H,10-16H2,1H3,(H,25,30)(H2,26,27,32). The summed E-state index contributed by atoms with van der Waals surface area (Å²) in [5.74, 6) is -0.148. The smallest absolute Gasteiger partial charge is 0.319 e. The van der Waals surface area contributed by atoms with E-state index in [0.717, 1.165) is 44.6 Å². The Kier molecular flexibility index (Phi) is 6.70. The van der Waals surface area contributed by atoms with Crippen molar-refractivity contribution in [3.8, 4) is 0 Å². The van der Waals surface area contributed by atoms with Gasteiger partial charge in [0, 0.05) is 55.6 Å². The van der Waals surface area contributed by atoms with Crippen molar-refractivity contribution in [1.29, 1.82) is 0 Å². The van der Waals surface area contributed by atoms with E-state index >= 15 is 0 Å². The number of carbonyl (C=O) groups is 3. The lowest BCUT2D eigenvalue weighted by Gasteiger charge is -2.32. The van der Waals surface area contributed by atoms with Gasteiger partial charge in [0.15, 0.2) is 0 Å². The average molecular weight is 436 g/mol. The second kappa shape index (κ2) is 9.82. The minimum Gasteiger partial charge on any atom is -0.348 e. The number of urea groups is 1. The van der Waals surface area contributed by atoms with E-state index in [9.17, 15) is 14.4 Å². The molecule has 0 spiro atoms. The lowest BCUT2D eigenvalue weighted by Crippen LogP contribution is -2.47. The van der Waals surface area contributed by atoms with Gasteiger partial charge in [-0.05, 0) is 61.9 Å². The predicted molar refractivity (Wildman–Crippen MR) is 123 cm³/mol. The van der Waals surface area contributed by atoms with Crippen LogP contribution in [0.3, 0.4) is 0 Å². The SMILES string of the molecule is CN1CCN(C(=O)c2ccc(CNC(=O)c3ccc(NC(=O)NC4CC4)cc3)cc2)CC1. The van der Waals surface area contributed by atoms with Crippen LogP contribution in [0, 0.1) is 0 Å². The van der Waals surface area contributed by atoms with Gasteiger partial charge in [0.2, 0.25) is 0 Å². The topological polar surface area (TPSA) is 93.8 Å². The number of rotatable bonds is 6. The number of nitrogens with one attached hydrogen (secondary N) is 3. The zero-order valence-electron chi connectivity index (χ0n) is 18.3. The highest BCUT2D eigenvalue weighted by atomic mass is 16.2. The molecule has 8 heteroatoms. The predicted octanol–water partition coefficient (Wildman–Crippen LogP) is 2.29. The van der Waals surface area contributed by atoms with Crippen molar-refractivity contribution in [2.24, 2.45) is 0 Å². The molecule has 0 aromatic heterocycles. The lowest BCUT2D eigenvalue weighted by atomic mass is 10.1. The van der Waals surface area contributed by atoms with E-state index in [-0.39, 0.29) is 17.8 Å². The van der Waals surface area contributed by atoms with Crippen molar-refractivity contribution < 1.29 is 14.4 Å². The first kappa shape index (κ1) is 21.8. The molecule has 0 radical (unpaired) electrons. The fourth-order valence-corrected chi connectivity index (χ4v) is 3.53. The first-order chi connectivity index (χ1) is 15.5. The molecule has 1 saturated heterocycles. The molecule has 2 fully saturated rings. The Labute approximate surface area is 188 Å². The van der Waals surface area contributed by atoms with Crippen LogP contribution in [-0.2, 0) is 6.54 Å². The molecule has 1 saturated carbocycles. The molecular formula is C24H29N5O3. The van der Waals surface area contributed by atoms with Crippen LogP contribution in [0.4, 0.5) is 10.5 Å². The van der Waals surface area contributed by atoms with Gasteiger partial charge in [-0.3, -0.25) is 9.59 Å². The Hall–Kier alpha value is -3.39. The summed E-state index contributed by atoms with van der Waals surface area (Å²) in [5.41, 5.74) is 2.74. The summed E-state index contributed by atoms with van der Waals surface area (Å²) >= 11 is 0. The first-order valence-electron chi connectivity index (χ1n) is 11.0. The molecule has 0 bridgehead atoms. The fourth-order valence-electron chi connectivity index (χ4n) is 3.53. The van der Waals surface area contributed by atoms with Crippen molar-refractivity contribution in [2.45, 2.75) is 25.4 Å². The number of carbonyl (C=O) groups excluding carboxylic acids is 3. The average Bonchev–Trinajstić information content (AvgIpc) is 3.62. The summed E-state index contributed by atoms with van der Waals surface area (Å²) in [6.45, 7) is 3.63. The van der Waals surface area contributed by atoms with E-state index in [1.54, 1.807) is 24.3 Å². The number of amides is 4. The third-order valence-corrected chi connectivity index (χ3v) is 5.76. The van der Waals surface area contributed by atoms with Gasteiger partial charge in [-0.25, -0.2) is 4.79 Å². The third kappa shape index (κ3) is 5.85. The van der Waals surface area contributed by atoms with Crippen LogP contribution in [0.15, 0.2) is 48.5 Å². The number of benzene rings is 2. The zero-order valence-corrected chi connectivity index (χ0v) is 18.3. The van der Waals surface area contributed by atoms with Crippen LogP contribution in [0.2, 0.25) is 0 Å². The maximum Gasteiger partial charge on any atom is 0.319 e. The van der Waals surface area contributed by atoms with Crippen molar-refractivity contribution in [1.82, 2.24) is 20.4 Å². The Balaban J connectivity index is 1.25. The van der Waals surface area contributed by atoms with Gasteiger partial charge < -0.3 is 25.8 Å². The molecule has 8 nitrogen and oxygen atoms in total. The summed E-state index contributed by atoms with van der Waals surface area (Å²) in [5, 5.41) is 8.50. The van der Waals surface area contributed by atoms with Crippen LogP contribution < -0.4 is 16.0 Å². The Bertz CT molecular complexity index is 962. The van der Waals surface area contributed by atoms with Crippen LogP contribution in [0.25, 0.3) is 0 Å². The largest absolute Gasteiger partial charge is 0.348 e. The van der Waals surface area contributed by atoms with Crippen molar-refractivity contribution in [3.63, 3.8) is 0 Å². The van der Waals surface area contributed by atoms with E-state index < -0.39 is 0 Å². The van der Waals surface area contributed by atoms with Crippen LogP contribution in [0.5, 0.6) is 0 Å². The molecule has 1 heterocycles. The van der Waals surface area contributed by atoms with E-state index in [1.165, 1.54) is 0 Å². The van der Waals surface area contributed by atoms with Crippen LogP contribution in [0.1, 0.15) is 39.1 Å². The molecule has 2 aromatic rings. The summed E-state index contributed by atoms with van der Waals surface area (Å²) in [6.07, 6.45) is 2.06. The van der Waals surface area contributed by atoms with Crippen molar-refractivity contribution in [2.75, 3.05) is 38.5 Å². The molecule has 168 valence electrons. The molecular weight excluding hydrogens is 406 g/mol. The van der Waals surface area contributed by atoms with Crippen molar-refractivity contribution in [3.05, 3.63) is 65.2 Å². The molecule has 0 unspecified atom stereocenters. The zero-order chi connectivity index (χ0) is 22.5. The molecule has 4 amide bonds. The number of hydrogen-bond acceptors (Lipinski definition) is 4. The Morgan fingerprint density at radius 3 is 2.12 bits per heavy atom. The molecule has 3 N–H and O–H groups in total. The molecule has 2 aromatic carbocycles. The van der Waals surface area contributed by atoms with Gasteiger partial charge in [0.1, 0.15) is 0 Å². The number of hydrogen-bond donors (Lipinski definition) is 3. The molecule has 32 heavy (non-hydrogen) atoms. The van der Waals surface area contributed by atoms with Crippen LogP contribution >= 0.6 is 0 Å². The number of piperazine rings is 1. The normalized spacial score (nSPS) is 16.3. The summed E-state index contributed by atoms with van der Waals surface area (Å²) in [7, 11) is 2.06. The summed E-state index contributed by atoms with van der Waals surface area (Å²) in [4.78, 5) is 40.9. The van der Waals surface area contributed by atoms with Gasteiger partial charge in [-0.1, -0.05) is 12.1 Å². The monoisotopic (exact) mass is 435 g/mol. The van der Waals surface area contributed by atoms with E-state index in [2.05, 4.69) is 27.9 Å². The summed E-state index contributed by atoms with van der Waals surface area (Å²) in [6, 6.07) is 14.2. The van der Waals surface area contributed by atoms with Gasteiger partial charge in [0.25, 0.3) is 11.8 Å². The maximum absolute atomic E-state index is 12.6. The number of anilines is 1. The highest BCUT2D eigenvalue weighted by molar-refractivity contribution is 5.96. The van der Waals surface area contributed by atoms with E-state index in [4.69, 9.17) is 0 Å². The highest BCUT2D eigenvalue weighted by Gasteiger charge is 2.23. The number of likely N-dealkylation sites (N-methyl/N-ethyl adjacent to an activating group) is 1. The Morgan fingerprint density at radius 1 is 0.875 bits per heavy atom. The summed E-state index contributed by atoms with van der Waals surface area (Å²) < 4.78 is 0. The van der Waals surface area contributed by atoms with Gasteiger partial charge in [0.05, 0.1) is 0 Å². The molecule has 0 atom stereocenters. The van der Waals surface area contributed by atoms with E-state index in [1.807, 2.05) is 29.2 Å². The highest BCUT2D eigenvalue weighted by Crippen LogP contribution is 2.19. The quantitative estimate of drug-likeness (QED) is 0.649. The molecule has 4 rings (SSSR count). The minimum absolute atomic E-state index is 0.0493.